The van der Waals surface area contributed by atoms with Crippen molar-refractivity contribution in [2.24, 2.45) is 17.8 Å². The molecule has 0 aromatic heterocycles. The number of benzene rings is 1. The Kier molecular flexibility index (Phi) is 6.88. The van der Waals surface area contributed by atoms with Gasteiger partial charge in [0.25, 0.3) is 0 Å². The first-order valence-corrected chi connectivity index (χ1v) is 10.2. The minimum atomic E-state index is -0.552. The Morgan fingerprint density at radius 2 is 1.75 bits per heavy atom. The molecule has 2 aliphatic heterocycles. The van der Waals surface area contributed by atoms with Gasteiger partial charge in [-0.25, -0.2) is 9.18 Å². The van der Waals surface area contributed by atoms with Crippen molar-refractivity contribution < 1.29 is 14.0 Å². The molecule has 154 valence electrons. The first-order valence-electron chi connectivity index (χ1n) is 10.2. The second kappa shape index (κ2) is 9.37. The number of carbonyl (C=O) groups is 2. The van der Waals surface area contributed by atoms with Crippen LogP contribution in [0.2, 0.25) is 0 Å². The molecule has 3 amide bonds. The summed E-state index contributed by atoms with van der Waals surface area (Å²) in [6.45, 7) is 7.77. The fraction of sp³-hybridized carbons (Fsp3) is 0.619. The van der Waals surface area contributed by atoms with Crippen LogP contribution in [0.15, 0.2) is 24.3 Å². The maximum atomic E-state index is 13.1. The summed E-state index contributed by atoms with van der Waals surface area (Å²) in [7, 11) is 0. The molecule has 3 atom stereocenters. The third kappa shape index (κ3) is 5.22. The van der Waals surface area contributed by atoms with Crippen molar-refractivity contribution in [3.05, 3.63) is 35.6 Å². The van der Waals surface area contributed by atoms with Gasteiger partial charge in [0.2, 0.25) is 5.91 Å². The molecule has 2 aliphatic rings. The van der Waals surface area contributed by atoms with E-state index >= 15 is 0 Å². The van der Waals surface area contributed by atoms with Crippen molar-refractivity contribution >= 4 is 11.9 Å². The summed E-state index contributed by atoms with van der Waals surface area (Å²) in [5, 5.41) is 9.04. The van der Waals surface area contributed by atoms with E-state index in [4.69, 9.17) is 0 Å². The average molecular weight is 391 g/mol. The highest BCUT2D eigenvalue weighted by molar-refractivity contribution is 5.87. The van der Waals surface area contributed by atoms with Crippen LogP contribution in [0.3, 0.4) is 0 Å². The summed E-state index contributed by atoms with van der Waals surface area (Å²) in [5.74, 6) is 0.994. The highest BCUT2D eigenvalue weighted by Gasteiger charge is 2.34. The lowest BCUT2D eigenvalue weighted by atomic mass is 9.92. The molecule has 0 bridgehead atoms. The van der Waals surface area contributed by atoms with Gasteiger partial charge in [0.05, 0.1) is 0 Å². The molecule has 1 aromatic rings. The first-order chi connectivity index (χ1) is 13.4. The van der Waals surface area contributed by atoms with E-state index in [1.165, 1.54) is 12.1 Å². The van der Waals surface area contributed by atoms with Crippen LogP contribution < -0.4 is 16.0 Å². The summed E-state index contributed by atoms with van der Waals surface area (Å²) in [5.41, 5.74) is 0.802. The third-order valence-corrected chi connectivity index (χ3v) is 5.92. The zero-order chi connectivity index (χ0) is 20.1. The summed E-state index contributed by atoms with van der Waals surface area (Å²) in [6.07, 6.45) is 2.04. The maximum absolute atomic E-state index is 13.1. The summed E-state index contributed by atoms with van der Waals surface area (Å²) < 4.78 is 13.0. The van der Waals surface area contributed by atoms with E-state index in [0.29, 0.717) is 11.8 Å². The number of amides is 3. The van der Waals surface area contributed by atoms with Crippen molar-refractivity contribution in [3.8, 4) is 0 Å². The summed E-state index contributed by atoms with van der Waals surface area (Å²) >= 11 is 0. The molecule has 0 aliphatic carbocycles. The standard InChI is InChI=1S/C21H31FN4O2/c1-14(2)19(25-21(28)24-11-15-3-5-18(22)6-4-15)20(27)26-9-7-16-12-23-13-17(16)8-10-26/h3-6,14,16-17,19,23H,7-13H2,1-2H3,(H2,24,25,28)/t16-,17+,19?. The Balaban J connectivity index is 1.53. The van der Waals surface area contributed by atoms with E-state index in [0.717, 1.165) is 44.6 Å². The molecular formula is C21H31FN4O2. The van der Waals surface area contributed by atoms with Crippen molar-refractivity contribution in [2.45, 2.75) is 39.3 Å². The molecule has 6 nitrogen and oxygen atoms in total. The van der Waals surface area contributed by atoms with Crippen LogP contribution in [0.25, 0.3) is 0 Å². The van der Waals surface area contributed by atoms with Crippen molar-refractivity contribution in [1.82, 2.24) is 20.9 Å². The van der Waals surface area contributed by atoms with Gasteiger partial charge in [0.15, 0.2) is 0 Å². The van der Waals surface area contributed by atoms with E-state index in [2.05, 4.69) is 16.0 Å². The number of fused-ring (bicyclic) bond motifs is 1. The van der Waals surface area contributed by atoms with Crippen LogP contribution >= 0.6 is 0 Å². The summed E-state index contributed by atoms with van der Waals surface area (Å²) in [4.78, 5) is 27.3. The van der Waals surface area contributed by atoms with Gasteiger partial charge in [-0.15, -0.1) is 0 Å². The van der Waals surface area contributed by atoms with Gasteiger partial charge in [-0.1, -0.05) is 26.0 Å². The van der Waals surface area contributed by atoms with Gasteiger partial charge in [-0.3, -0.25) is 4.79 Å². The molecule has 2 saturated heterocycles. The predicted octanol–water partition coefficient (Wildman–Crippen LogP) is 2.11. The average Bonchev–Trinajstić information content (AvgIpc) is 3.03. The van der Waals surface area contributed by atoms with Gasteiger partial charge in [-0.2, -0.15) is 0 Å². The van der Waals surface area contributed by atoms with Crippen LogP contribution in [0, 0.1) is 23.6 Å². The lowest BCUT2D eigenvalue weighted by molar-refractivity contribution is -0.134. The van der Waals surface area contributed by atoms with E-state index in [1.54, 1.807) is 12.1 Å². The van der Waals surface area contributed by atoms with Crippen LogP contribution in [0.4, 0.5) is 9.18 Å². The molecule has 7 heteroatoms. The van der Waals surface area contributed by atoms with Crippen LogP contribution in [0.5, 0.6) is 0 Å². The smallest absolute Gasteiger partial charge is 0.315 e. The molecule has 2 fully saturated rings. The second-order valence-corrected chi connectivity index (χ2v) is 8.26. The molecule has 0 saturated carbocycles. The van der Waals surface area contributed by atoms with Crippen molar-refractivity contribution in [2.75, 3.05) is 26.2 Å². The van der Waals surface area contributed by atoms with E-state index in [9.17, 15) is 14.0 Å². The van der Waals surface area contributed by atoms with Gasteiger partial charge in [-0.05, 0) is 61.4 Å². The zero-order valence-corrected chi connectivity index (χ0v) is 16.7. The molecule has 1 aromatic carbocycles. The van der Waals surface area contributed by atoms with E-state index in [-0.39, 0.29) is 30.2 Å². The topological polar surface area (TPSA) is 73.5 Å². The molecular weight excluding hydrogens is 359 g/mol. The first kappa shape index (κ1) is 20.6. The summed E-state index contributed by atoms with van der Waals surface area (Å²) in [6, 6.07) is 5.04. The van der Waals surface area contributed by atoms with Gasteiger partial charge in [0, 0.05) is 19.6 Å². The molecule has 1 unspecified atom stereocenters. The Morgan fingerprint density at radius 1 is 1.14 bits per heavy atom. The number of rotatable bonds is 5. The van der Waals surface area contributed by atoms with Crippen molar-refractivity contribution in [3.63, 3.8) is 0 Å². The normalized spacial score (nSPS) is 23.1. The monoisotopic (exact) mass is 390 g/mol. The van der Waals surface area contributed by atoms with Crippen molar-refractivity contribution in [1.29, 1.82) is 0 Å². The third-order valence-electron chi connectivity index (χ3n) is 5.92. The van der Waals surface area contributed by atoms with Gasteiger partial charge < -0.3 is 20.9 Å². The van der Waals surface area contributed by atoms with Gasteiger partial charge >= 0.3 is 6.03 Å². The van der Waals surface area contributed by atoms with Crippen LogP contribution in [-0.2, 0) is 11.3 Å². The minimum Gasteiger partial charge on any atom is -0.341 e. The highest BCUT2D eigenvalue weighted by atomic mass is 19.1. The van der Waals surface area contributed by atoms with Gasteiger partial charge in [0.1, 0.15) is 11.9 Å². The molecule has 3 N–H and O–H groups in total. The highest BCUT2D eigenvalue weighted by Crippen LogP contribution is 2.27. The molecule has 3 rings (SSSR count). The predicted molar refractivity (Wildman–Crippen MR) is 106 cm³/mol. The quantitative estimate of drug-likeness (QED) is 0.721. The fourth-order valence-corrected chi connectivity index (χ4v) is 4.13. The molecule has 2 heterocycles. The Morgan fingerprint density at radius 3 is 2.32 bits per heavy atom. The number of halogens is 1. The number of urea groups is 1. The Hall–Kier alpha value is -2.15. The fourth-order valence-electron chi connectivity index (χ4n) is 4.13. The SMILES string of the molecule is CC(C)C(NC(=O)NCc1ccc(F)cc1)C(=O)N1CC[C@@H]2CNC[C@@H]2CC1. The molecule has 28 heavy (non-hydrogen) atoms. The van der Waals surface area contributed by atoms with E-state index < -0.39 is 6.04 Å². The number of nitrogens with zero attached hydrogens (tertiary/aromatic N) is 1. The Labute approximate surface area is 166 Å². The van der Waals surface area contributed by atoms with Crippen LogP contribution in [0.1, 0.15) is 32.3 Å². The number of carbonyl (C=O) groups excluding carboxylic acids is 2. The molecule has 0 radical (unpaired) electrons. The second-order valence-electron chi connectivity index (χ2n) is 8.26. The van der Waals surface area contributed by atoms with Crippen LogP contribution in [-0.4, -0.2) is 49.1 Å². The van der Waals surface area contributed by atoms with E-state index in [1.807, 2.05) is 18.7 Å². The largest absolute Gasteiger partial charge is 0.341 e. The number of likely N-dealkylation sites (tertiary alicyclic amines) is 1. The number of hydrogen-bond acceptors (Lipinski definition) is 3. The molecule has 0 spiro atoms. The minimum absolute atomic E-state index is 0.000125. The number of nitrogens with one attached hydrogen (secondary N) is 3. The zero-order valence-electron chi connectivity index (χ0n) is 16.7. The lowest BCUT2D eigenvalue weighted by Crippen LogP contribution is -2.53. The lowest BCUT2D eigenvalue weighted by Gasteiger charge is -2.29. The Bertz CT molecular complexity index is 665. The number of hydrogen-bond donors (Lipinski definition) is 3. The maximum Gasteiger partial charge on any atom is 0.315 e.